The summed E-state index contributed by atoms with van der Waals surface area (Å²) in [6, 6.07) is 3.60. The molecule has 23 heavy (non-hydrogen) atoms. The number of aromatic nitrogens is 1. The molecule has 6 heteroatoms. The van der Waals surface area contributed by atoms with Crippen molar-refractivity contribution >= 4 is 12.0 Å². The molecule has 1 aliphatic heterocycles. The van der Waals surface area contributed by atoms with Crippen LogP contribution in [0.1, 0.15) is 43.2 Å². The van der Waals surface area contributed by atoms with Crippen LogP contribution < -0.4 is 5.32 Å². The first-order valence-electron chi connectivity index (χ1n) is 7.90. The van der Waals surface area contributed by atoms with Gasteiger partial charge in [-0.15, -0.1) is 0 Å². The summed E-state index contributed by atoms with van der Waals surface area (Å²) in [6.07, 6.45) is 2.49. The molecule has 2 N–H and O–H groups in total. The number of nitrogens with zero attached hydrogens (tertiary/aromatic N) is 2. The normalized spacial score (nSPS) is 21.3. The minimum absolute atomic E-state index is 0.0152. The van der Waals surface area contributed by atoms with Crippen molar-refractivity contribution in [3.8, 4) is 0 Å². The van der Waals surface area contributed by atoms with E-state index in [4.69, 9.17) is 0 Å². The third-order valence-electron chi connectivity index (χ3n) is 4.44. The number of hydrogen-bond acceptors (Lipinski definition) is 3. The first kappa shape index (κ1) is 17.2. The number of carbonyl (C=O) groups excluding carboxylic acids is 1. The van der Waals surface area contributed by atoms with Crippen LogP contribution in [0.2, 0.25) is 0 Å². The second-order valence-electron chi connectivity index (χ2n) is 7.17. The highest BCUT2D eigenvalue weighted by Gasteiger charge is 2.43. The monoisotopic (exact) mass is 319 g/mol. The van der Waals surface area contributed by atoms with Gasteiger partial charge < -0.3 is 15.3 Å². The Balaban J connectivity index is 2.15. The lowest BCUT2D eigenvalue weighted by Crippen LogP contribution is -2.45. The van der Waals surface area contributed by atoms with E-state index >= 15 is 0 Å². The molecular formula is C17H25N3O3. The minimum Gasteiger partial charge on any atom is -0.465 e. The van der Waals surface area contributed by atoms with Crippen LogP contribution in [0, 0.1) is 11.3 Å². The Morgan fingerprint density at radius 2 is 2.09 bits per heavy atom. The third kappa shape index (κ3) is 3.81. The zero-order valence-electron chi connectivity index (χ0n) is 14.2. The Morgan fingerprint density at radius 3 is 2.57 bits per heavy atom. The molecule has 2 heterocycles. The molecule has 0 bridgehead atoms. The van der Waals surface area contributed by atoms with Crippen molar-refractivity contribution in [2.45, 2.75) is 39.7 Å². The zero-order chi connectivity index (χ0) is 17.2. The Kier molecular flexibility index (Phi) is 4.92. The molecule has 0 radical (unpaired) electrons. The van der Waals surface area contributed by atoms with Gasteiger partial charge in [0.15, 0.2) is 0 Å². The summed E-state index contributed by atoms with van der Waals surface area (Å²) >= 11 is 0. The van der Waals surface area contributed by atoms with Gasteiger partial charge in [0.2, 0.25) is 0 Å². The second kappa shape index (κ2) is 6.56. The Morgan fingerprint density at radius 1 is 1.39 bits per heavy atom. The molecule has 1 aromatic rings. The predicted octanol–water partition coefficient (Wildman–Crippen LogP) is 2.40. The quantitative estimate of drug-likeness (QED) is 0.896. The molecule has 2 amide bonds. The van der Waals surface area contributed by atoms with Gasteiger partial charge >= 0.3 is 6.09 Å². The Bertz CT molecular complexity index is 578. The van der Waals surface area contributed by atoms with Gasteiger partial charge in [-0.3, -0.25) is 9.78 Å². The number of likely N-dealkylation sites (tertiary alicyclic amines) is 1. The highest BCUT2D eigenvalue weighted by Crippen LogP contribution is 2.38. The summed E-state index contributed by atoms with van der Waals surface area (Å²) in [5.41, 5.74) is 1.31. The molecule has 1 saturated heterocycles. The lowest BCUT2D eigenvalue weighted by Gasteiger charge is -2.37. The SMILES string of the molecule is CNC(=O)c1ccc(C[C@@H]2CCN(C(=O)O)C2C(C)(C)C)cn1. The molecule has 0 saturated carbocycles. The van der Waals surface area contributed by atoms with Gasteiger partial charge in [-0.25, -0.2) is 4.79 Å². The summed E-state index contributed by atoms with van der Waals surface area (Å²) < 4.78 is 0. The van der Waals surface area contributed by atoms with Crippen molar-refractivity contribution in [3.63, 3.8) is 0 Å². The summed E-state index contributed by atoms with van der Waals surface area (Å²) in [6.45, 7) is 6.82. The predicted molar refractivity (Wildman–Crippen MR) is 87.4 cm³/mol. The highest BCUT2D eigenvalue weighted by molar-refractivity contribution is 5.91. The highest BCUT2D eigenvalue weighted by atomic mass is 16.4. The molecule has 1 aliphatic rings. The van der Waals surface area contributed by atoms with Crippen LogP contribution in [0.4, 0.5) is 4.79 Å². The molecule has 1 aromatic heterocycles. The van der Waals surface area contributed by atoms with Gasteiger partial charge in [0.25, 0.3) is 5.91 Å². The average Bonchev–Trinajstić information content (AvgIpc) is 2.91. The zero-order valence-corrected chi connectivity index (χ0v) is 14.2. The van der Waals surface area contributed by atoms with E-state index in [9.17, 15) is 14.7 Å². The van der Waals surface area contributed by atoms with Crippen molar-refractivity contribution in [1.82, 2.24) is 15.2 Å². The largest absolute Gasteiger partial charge is 0.465 e. The average molecular weight is 319 g/mol. The van der Waals surface area contributed by atoms with Crippen molar-refractivity contribution in [2.75, 3.05) is 13.6 Å². The number of pyridine rings is 1. The lowest BCUT2D eigenvalue weighted by atomic mass is 9.77. The van der Waals surface area contributed by atoms with E-state index in [1.807, 2.05) is 6.07 Å². The molecule has 1 fully saturated rings. The number of rotatable bonds is 3. The van der Waals surface area contributed by atoms with E-state index in [0.717, 1.165) is 18.4 Å². The molecule has 2 atom stereocenters. The maximum atomic E-state index is 11.5. The van der Waals surface area contributed by atoms with E-state index in [-0.39, 0.29) is 23.3 Å². The van der Waals surface area contributed by atoms with Gasteiger partial charge in [-0.2, -0.15) is 0 Å². The fraction of sp³-hybridized carbons (Fsp3) is 0.588. The van der Waals surface area contributed by atoms with E-state index in [2.05, 4.69) is 31.1 Å². The number of amides is 2. The Labute approximate surface area is 136 Å². The van der Waals surface area contributed by atoms with Crippen LogP contribution >= 0.6 is 0 Å². The first-order valence-corrected chi connectivity index (χ1v) is 7.90. The molecule has 0 aromatic carbocycles. The number of nitrogens with one attached hydrogen (secondary N) is 1. The van der Waals surface area contributed by atoms with Gasteiger partial charge in [0, 0.05) is 25.8 Å². The third-order valence-corrected chi connectivity index (χ3v) is 4.44. The number of carboxylic acid groups (broad SMARTS) is 1. The fourth-order valence-electron chi connectivity index (χ4n) is 3.57. The first-order chi connectivity index (χ1) is 10.7. The smallest absolute Gasteiger partial charge is 0.407 e. The molecule has 2 rings (SSSR count). The van der Waals surface area contributed by atoms with Crippen LogP contribution in [0.3, 0.4) is 0 Å². The number of hydrogen-bond donors (Lipinski definition) is 2. The molecule has 126 valence electrons. The summed E-state index contributed by atoms with van der Waals surface area (Å²) in [5.74, 6) is 0.0563. The summed E-state index contributed by atoms with van der Waals surface area (Å²) in [7, 11) is 1.57. The van der Waals surface area contributed by atoms with E-state index in [0.29, 0.717) is 12.2 Å². The van der Waals surface area contributed by atoms with Crippen LogP contribution in [-0.2, 0) is 6.42 Å². The Hall–Kier alpha value is -2.11. The molecule has 6 nitrogen and oxygen atoms in total. The van der Waals surface area contributed by atoms with Crippen molar-refractivity contribution < 1.29 is 14.7 Å². The topological polar surface area (TPSA) is 82.5 Å². The minimum atomic E-state index is -0.847. The van der Waals surface area contributed by atoms with E-state index < -0.39 is 6.09 Å². The van der Waals surface area contributed by atoms with Gasteiger partial charge in [0.1, 0.15) is 5.69 Å². The molecule has 0 spiro atoms. The summed E-state index contributed by atoms with van der Waals surface area (Å²) in [5, 5.41) is 12.0. The molecule has 0 aliphatic carbocycles. The van der Waals surface area contributed by atoms with Gasteiger partial charge in [-0.05, 0) is 35.8 Å². The maximum Gasteiger partial charge on any atom is 0.407 e. The van der Waals surface area contributed by atoms with Crippen LogP contribution in [0.25, 0.3) is 0 Å². The summed E-state index contributed by atoms with van der Waals surface area (Å²) in [4.78, 5) is 28.8. The van der Waals surface area contributed by atoms with Crippen LogP contribution in [0.5, 0.6) is 0 Å². The van der Waals surface area contributed by atoms with Crippen LogP contribution in [0.15, 0.2) is 18.3 Å². The fourth-order valence-corrected chi connectivity index (χ4v) is 3.57. The van der Waals surface area contributed by atoms with Crippen molar-refractivity contribution in [3.05, 3.63) is 29.6 Å². The van der Waals surface area contributed by atoms with E-state index in [1.165, 1.54) is 0 Å². The standard InChI is InChI=1S/C17H25N3O3/c1-17(2,3)14-12(7-8-20(14)16(22)23)9-11-5-6-13(19-10-11)15(21)18-4/h5-6,10,12,14H,7-9H2,1-4H3,(H,18,21)(H,22,23)/t12-,14?/m0/s1. The van der Waals surface area contributed by atoms with Crippen molar-refractivity contribution in [1.29, 1.82) is 0 Å². The number of carbonyl (C=O) groups is 2. The molecular weight excluding hydrogens is 294 g/mol. The van der Waals surface area contributed by atoms with E-state index in [1.54, 1.807) is 24.2 Å². The van der Waals surface area contributed by atoms with Gasteiger partial charge in [0.05, 0.1) is 0 Å². The lowest BCUT2D eigenvalue weighted by molar-refractivity contribution is 0.0909. The van der Waals surface area contributed by atoms with Crippen LogP contribution in [-0.4, -0.2) is 46.6 Å². The van der Waals surface area contributed by atoms with Gasteiger partial charge in [-0.1, -0.05) is 26.8 Å². The van der Waals surface area contributed by atoms with Crippen molar-refractivity contribution in [2.24, 2.45) is 11.3 Å². The maximum absolute atomic E-state index is 11.5. The molecule has 1 unspecified atom stereocenters. The second-order valence-corrected chi connectivity index (χ2v) is 7.17.